The fourth-order valence-electron chi connectivity index (χ4n) is 4.40. The minimum absolute atomic E-state index is 0.110. The van der Waals surface area contributed by atoms with Crippen LogP contribution in [0.15, 0.2) is 64.6 Å². The molecule has 0 spiro atoms. The van der Waals surface area contributed by atoms with E-state index in [1.807, 2.05) is 29.6 Å². The third kappa shape index (κ3) is 6.39. The van der Waals surface area contributed by atoms with Crippen molar-refractivity contribution in [1.29, 1.82) is 0 Å². The first-order valence-corrected chi connectivity index (χ1v) is 13.0. The molecule has 1 aliphatic rings. The molecule has 7 nitrogen and oxygen atoms in total. The van der Waals surface area contributed by atoms with Crippen molar-refractivity contribution in [3.63, 3.8) is 0 Å². The zero-order valence-electron chi connectivity index (χ0n) is 19.9. The average molecular weight is 494 g/mol. The number of aryl methyl sites for hydroxylation is 1. The molecular formula is C27H31N3O4S. The van der Waals surface area contributed by atoms with E-state index in [9.17, 15) is 14.4 Å². The van der Waals surface area contributed by atoms with Crippen LogP contribution >= 0.6 is 11.3 Å². The molecule has 3 aromatic rings. The number of hydrogen-bond acceptors (Lipinski definition) is 5. The number of carbonyl (C=O) groups is 3. The Bertz CT molecular complexity index is 1100. The second-order valence-electron chi connectivity index (χ2n) is 8.75. The number of furan rings is 1. The van der Waals surface area contributed by atoms with E-state index in [0.717, 1.165) is 43.2 Å². The highest BCUT2D eigenvalue weighted by Crippen LogP contribution is 2.26. The lowest BCUT2D eigenvalue weighted by Gasteiger charge is -2.32. The molecule has 0 unspecified atom stereocenters. The van der Waals surface area contributed by atoms with Crippen LogP contribution in [0.5, 0.6) is 0 Å². The van der Waals surface area contributed by atoms with Gasteiger partial charge in [0.25, 0.3) is 5.91 Å². The van der Waals surface area contributed by atoms with Crippen molar-refractivity contribution in [1.82, 2.24) is 15.5 Å². The molecule has 2 aromatic heterocycles. The summed E-state index contributed by atoms with van der Waals surface area (Å²) in [5.41, 5.74) is 1.87. The predicted molar refractivity (Wildman–Crippen MR) is 135 cm³/mol. The molecule has 35 heavy (non-hydrogen) atoms. The number of nitrogens with zero attached hydrogens (tertiary/aromatic N) is 1. The monoisotopic (exact) mass is 493 g/mol. The lowest BCUT2D eigenvalue weighted by Crippen LogP contribution is -2.48. The molecule has 1 saturated carbocycles. The molecule has 0 aliphatic heterocycles. The highest BCUT2D eigenvalue weighted by atomic mass is 32.1. The molecule has 0 bridgehead atoms. The van der Waals surface area contributed by atoms with Crippen molar-refractivity contribution in [2.45, 2.75) is 57.7 Å². The normalized spacial score (nSPS) is 14.4. The van der Waals surface area contributed by atoms with Gasteiger partial charge in [-0.3, -0.25) is 14.4 Å². The Hall–Kier alpha value is -3.39. The highest BCUT2D eigenvalue weighted by molar-refractivity contribution is 7.12. The number of benzene rings is 1. The van der Waals surface area contributed by atoms with Gasteiger partial charge < -0.3 is 20.0 Å². The zero-order valence-corrected chi connectivity index (χ0v) is 20.7. The van der Waals surface area contributed by atoms with Crippen LogP contribution in [0.2, 0.25) is 0 Å². The van der Waals surface area contributed by atoms with Crippen LogP contribution in [0.1, 0.15) is 65.2 Å². The minimum Gasteiger partial charge on any atom is -0.467 e. The SMILES string of the molecule is CCc1ccc([C@H](C(=O)NC2CCCC2)N(Cc2ccco2)C(=O)CNC(=O)c2cccs2)cc1. The maximum absolute atomic E-state index is 13.6. The van der Waals surface area contributed by atoms with Crippen LogP contribution in [0, 0.1) is 0 Å². The van der Waals surface area contributed by atoms with Gasteiger partial charge in [0.15, 0.2) is 0 Å². The van der Waals surface area contributed by atoms with E-state index in [4.69, 9.17) is 4.42 Å². The Morgan fingerprint density at radius 3 is 2.49 bits per heavy atom. The fourth-order valence-corrected chi connectivity index (χ4v) is 5.05. The number of nitrogens with one attached hydrogen (secondary N) is 2. The number of thiophene rings is 1. The van der Waals surface area contributed by atoms with Crippen molar-refractivity contribution >= 4 is 29.1 Å². The van der Waals surface area contributed by atoms with Crippen LogP contribution in [0.4, 0.5) is 0 Å². The molecule has 2 heterocycles. The van der Waals surface area contributed by atoms with E-state index in [2.05, 4.69) is 17.6 Å². The molecule has 0 radical (unpaired) electrons. The standard InChI is InChI=1S/C27H31N3O4S/c1-2-19-11-13-20(14-12-19)25(27(33)29-21-7-3-4-8-21)30(18-22-9-5-15-34-22)24(31)17-28-26(32)23-10-6-16-35-23/h5-6,9-16,21,25H,2-4,7-8,17-18H2,1H3,(H,28,32)(H,29,33)/t25-/m1/s1. The Kier molecular flexibility index (Phi) is 8.36. The molecule has 184 valence electrons. The van der Waals surface area contributed by atoms with E-state index >= 15 is 0 Å². The van der Waals surface area contributed by atoms with Gasteiger partial charge in [-0.2, -0.15) is 0 Å². The summed E-state index contributed by atoms with van der Waals surface area (Å²) in [5, 5.41) is 7.67. The summed E-state index contributed by atoms with van der Waals surface area (Å²) < 4.78 is 5.52. The Morgan fingerprint density at radius 2 is 1.86 bits per heavy atom. The second-order valence-corrected chi connectivity index (χ2v) is 9.70. The minimum atomic E-state index is -0.849. The summed E-state index contributed by atoms with van der Waals surface area (Å²) >= 11 is 1.31. The van der Waals surface area contributed by atoms with E-state index in [0.29, 0.717) is 10.6 Å². The summed E-state index contributed by atoms with van der Waals surface area (Å²) in [5.74, 6) is -0.333. The van der Waals surface area contributed by atoms with Crippen molar-refractivity contribution in [3.8, 4) is 0 Å². The van der Waals surface area contributed by atoms with Crippen LogP contribution in [-0.4, -0.2) is 35.2 Å². The Morgan fingerprint density at radius 1 is 1.09 bits per heavy atom. The molecule has 1 atom stereocenters. The molecule has 1 aromatic carbocycles. The highest BCUT2D eigenvalue weighted by Gasteiger charge is 2.34. The van der Waals surface area contributed by atoms with Crippen LogP contribution in [0.3, 0.4) is 0 Å². The van der Waals surface area contributed by atoms with Crippen molar-refractivity contribution in [2.24, 2.45) is 0 Å². The van der Waals surface area contributed by atoms with E-state index < -0.39 is 6.04 Å². The fraction of sp³-hybridized carbons (Fsp3) is 0.370. The van der Waals surface area contributed by atoms with E-state index in [1.165, 1.54) is 16.2 Å². The van der Waals surface area contributed by atoms with E-state index in [-0.39, 0.29) is 36.9 Å². The third-order valence-corrected chi connectivity index (χ3v) is 7.21. The zero-order chi connectivity index (χ0) is 24.6. The van der Waals surface area contributed by atoms with Gasteiger partial charge in [0.1, 0.15) is 11.8 Å². The van der Waals surface area contributed by atoms with Crippen molar-refractivity contribution in [3.05, 3.63) is 81.9 Å². The lowest BCUT2D eigenvalue weighted by molar-refractivity contribution is -0.141. The summed E-state index contributed by atoms with van der Waals surface area (Å²) in [6, 6.07) is 14.1. The first-order valence-electron chi connectivity index (χ1n) is 12.1. The van der Waals surface area contributed by atoms with Gasteiger partial charge in [0.05, 0.1) is 24.2 Å². The quantitative estimate of drug-likeness (QED) is 0.436. The maximum atomic E-state index is 13.6. The van der Waals surface area contributed by atoms with Crippen molar-refractivity contribution in [2.75, 3.05) is 6.54 Å². The Balaban J connectivity index is 1.61. The smallest absolute Gasteiger partial charge is 0.261 e. The van der Waals surface area contributed by atoms with Crippen LogP contribution in [0.25, 0.3) is 0 Å². The van der Waals surface area contributed by atoms with Gasteiger partial charge >= 0.3 is 0 Å². The first kappa shape index (κ1) is 24.7. The molecule has 4 rings (SSSR count). The predicted octanol–water partition coefficient (Wildman–Crippen LogP) is 4.46. The topological polar surface area (TPSA) is 91.7 Å². The van der Waals surface area contributed by atoms with Crippen LogP contribution < -0.4 is 10.6 Å². The number of amides is 3. The summed E-state index contributed by atoms with van der Waals surface area (Å²) in [6.45, 7) is 1.96. The molecule has 3 amide bonds. The number of rotatable bonds is 10. The van der Waals surface area contributed by atoms with Crippen molar-refractivity contribution < 1.29 is 18.8 Å². The molecule has 8 heteroatoms. The number of hydrogen-bond donors (Lipinski definition) is 2. The molecule has 1 fully saturated rings. The maximum Gasteiger partial charge on any atom is 0.261 e. The molecular weight excluding hydrogens is 462 g/mol. The third-order valence-electron chi connectivity index (χ3n) is 6.34. The van der Waals surface area contributed by atoms with Gasteiger partial charge in [0, 0.05) is 6.04 Å². The van der Waals surface area contributed by atoms with Crippen LogP contribution in [-0.2, 0) is 22.6 Å². The number of carbonyl (C=O) groups excluding carboxylic acids is 3. The summed E-state index contributed by atoms with van der Waals surface area (Å²) in [6.07, 6.45) is 6.48. The van der Waals surface area contributed by atoms with Gasteiger partial charge in [-0.1, -0.05) is 50.1 Å². The first-order chi connectivity index (χ1) is 17.0. The molecule has 1 aliphatic carbocycles. The molecule has 0 saturated heterocycles. The Labute approximate surface area is 209 Å². The van der Waals surface area contributed by atoms with Gasteiger partial charge in [-0.25, -0.2) is 0 Å². The van der Waals surface area contributed by atoms with Gasteiger partial charge in [-0.05, 0) is 54.0 Å². The van der Waals surface area contributed by atoms with Gasteiger partial charge in [-0.15, -0.1) is 11.3 Å². The van der Waals surface area contributed by atoms with Gasteiger partial charge in [0.2, 0.25) is 11.8 Å². The molecule has 2 N–H and O–H groups in total. The summed E-state index contributed by atoms with van der Waals surface area (Å²) in [7, 11) is 0. The lowest BCUT2D eigenvalue weighted by atomic mass is 10.0. The van der Waals surface area contributed by atoms with E-state index in [1.54, 1.807) is 30.5 Å². The summed E-state index contributed by atoms with van der Waals surface area (Å²) in [4.78, 5) is 41.6. The largest absolute Gasteiger partial charge is 0.467 e. The average Bonchev–Trinajstić information content (AvgIpc) is 3.66. The second kappa shape index (κ2) is 11.8.